The standard InChI is InChI=1S/C10H23N3O2/c1-3-9(7-13-15)11-5-6-12-10(4-2)8-14/h9-12,14H,3-8H2,1-2H3. The van der Waals surface area contributed by atoms with E-state index < -0.39 is 0 Å². The molecular formula is C10H23N3O2. The Morgan fingerprint density at radius 2 is 1.67 bits per heavy atom. The summed E-state index contributed by atoms with van der Waals surface area (Å²) in [5.41, 5.74) is 0. The lowest BCUT2D eigenvalue weighted by Gasteiger charge is -2.16. The van der Waals surface area contributed by atoms with Crippen LogP contribution in [0.3, 0.4) is 0 Å². The first-order valence-electron chi connectivity index (χ1n) is 5.65. The number of hydrogen-bond donors (Lipinski definition) is 3. The van der Waals surface area contributed by atoms with Crippen LogP contribution in [-0.4, -0.2) is 43.4 Å². The van der Waals surface area contributed by atoms with Crippen molar-refractivity contribution in [3.8, 4) is 0 Å². The van der Waals surface area contributed by atoms with Crippen LogP contribution in [0.2, 0.25) is 0 Å². The quantitative estimate of drug-likeness (QED) is 0.367. The molecule has 90 valence electrons. The lowest BCUT2D eigenvalue weighted by Crippen LogP contribution is -2.40. The van der Waals surface area contributed by atoms with Crippen molar-refractivity contribution in [3.63, 3.8) is 0 Å². The van der Waals surface area contributed by atoms with E-state index in [2.05, 4.69) is 15.8 Å². The van der Waals surface area contributed by atoms with Crippen molar-refractivity contribution in [1.82, 2.24) is 10.6 Å². The zero-order valence-corrected chi connectivity index (χ0v) is 9.70. The highest BCUT2D eigenvalue weighted by Crippen LogP contribution is 1.91. The summed E-state index contributed by atoms with van der Waals surface area (Å²) >= 11 is 0. The van der Waals surface area contributed by atoms with Gasteiger partial charge in [-0.2, -0.15) is 4.91 Å². The molecule has 0 radical (unpaired) electrons. The number of nitrogens with zero attached hydrogens (tertiary/aromatic N) is 1. The minimum absolute atomic E-state index is 0.170. The van der Waals surface area contributed by atoms with Crippen LogP contribution in [0, 0.1) is 4.91 Å². The fraction of sp³-hybridized carbons (Fsp3) is 1.00. The summed E-state index contributed by atoms with van der Waals surface area (Å²) in [5, 5.41) is 18.3. The van der Waals surface area contributed by atoms with E-state index in [1.807, 2.05) is 13.8 Å². The van der Waals surface area contributed by atoms with E-state index in [4.69, 9.17) is 5.11 Å². The maximum Gasteiger partial charge on any atom is 0.0964 e. The molecule has 0 aliphatic carbocycles. The van der Waals surface area contributed by atoms with Crippen LogP contribution < -0.4 is 10.6 Å². The molecule has 0 fully saturated rings. The Hall–Kier alpha value is -0.520. The second kappa shape index (κ2) is 10.0. The van der Waals surface area contributed by atoms with Crippen LogP contribution >= 0.6 is 0 Å². The van der Waals surface area contributed by atoms with Gasteiger partial charge < -0.3 is 15.7 Å². The van der Waals surface area contributed by atoms with Gasteiger partial charge in [-0.05, 0) is 12.8 Å². The molecule has 0 aliphatic rings. The SMILES string of the molecule is CCC(CO)NCCNC(CC)CN=O. The molecule has 0 spiro atoms. The summed E-state index contributed by atoms with van der Waals surface area (Å²) in [6, 6.07) is 0.356. The van der Waals surface area contributed by atoms with Crippen LogP contribution in [0.1, 0.15) is 26.7 Å². The van der Waals surface area contributed by atoms with Crippen molar-refractivity contribution < 1.29 is 5.11 Å². The third-order valence-corrected chi connectivity index (χ3v) is 2.49. The molecule has 0 rings (SSSR count). The predicted molar refractivity (Wildman–Crippen MR) is 61.9 cm³/mol. The van der Waals surface area contributed by atoms with Gasteiger partial charge in [0.15, 0.2) is 0 Å². The molecule has 5 nitrogen and oxygen atoms in total. The second-order valence-corrected chi connectivity index (χ2v) is 3.61. The van der Waals surface area contributed by atoms with Gasteiger partial charge in [-0.1, -0.05) is 19.0 Å². The molecule has 0 aliphatic heterocycles. The van der Waals surface area contributed by atoms with Gasteiger partial charge in [0.25, 0.3) is 0 Å². The van der Waals surface area contributed by atoms with Gasteiger partial charge >= 0.3 is 0 Å². The minimum Gasteiger partial charge on any atom is -0.395 e. The smallest absolute Gasteiger partial charge is 0.0964 e. The summed E-state index contributed by atoms with van der Waals surface area (Å²) in [4.78, 5) is 10.1. The van der Waals surface area contributed by atoms with E-state index in [-0.39, 0.29) is 18.7 Å². The fourth-order valence-electron chi connectivity index (χ4n) is 1.32. The third kappa shape index (κ3) is 7.41. The lowest BCUT2D eigenvalue weighted by atomic mass is 10.2. The summed E-state index contributed by atoms with van der Waals surface area (Å²) < 4.78 is 0. The first kappa shape index (κ1) is 14.5. The Bertz CT molecular complexity index is 152. The molecule has 0 aromatic heterocycles. The number of rotatable bonds is 10. The number of nitroso groups, excluding NO2 is 1. The summed E-state index contributed by atoms with van der Waals surface area (Å²) in [6.45, 7) is 6.15. The molecule has 0 saturated carbocycles. The summed E-state index contributed by atoms with van der Waals surface area (Å²) in [6.07, 6.45) is 1.83. The van der Waals surface area contributed by atoms with Gasteiger partial charge in [-0.3, -0.25) is 0 Å². The van der Waals surface area contributed by atoms with Gasteiger partial charge in [0.1, 0.15) is 0 Å². The monoisotopic (exact) mass is 217 g/mol. The molecule has 0 saturated heterocycles. The second-order valence-electron chi connectivity index (χ2n) is 3.61. The van der Waals surface area contributed by atoms with Crippen LogP contribution in [0.25, 0.3) is 0 Å². The van der Waals surface area contributed by atoms with Gasteiger partial charge in [-0.15, -0.1) is 0 Å². The Morgan fingerprint density at radius 1 is 1.13 bits per heavy atom. The lowest BCUT2D eigenvalue weighted by molar-refractivity contribution is 0.239. The molecule has 15 heavy (non-hydrogen) atoms. The third-order valence-electron chi connectivity index (χ3n) is 2.49. The molecule has 0 bridgehead atoms. The van der Waals surface area contributed by atoms with E-state index in [0.29, 0.717) is 6.54 Å². The Kier molecular flexibility index (Phi) is 9.67. The zero-order chi connectivity index (χ0) is 11.5. The van der Waals surface area contributed by atoms with Gasteiger partial charge in [0.05, 0.1) is 13.2 Å². The van der Waals surface area contributed by atoms with Crippen molar-refractivity contribution in [1.29, 1.82) is 0 Å². The summed E-state index contributed by atoms with van der Waals surface area (Å²) in [5.74, 6) is 0. The van der Waals surface area contributed by atoms with Crippen LogP contribution in [-0.2, 0) is 0 Å². The Balaban J connectivity index is 3.46. The maximum absolute atomic E-state index is 10.1. The molecule has 0 aromatic rings. The van der Waals surface area contributed by atoms with Crippen molar-refractivity contribution in [2.75, 3.05) is 26.2 Å². The van der Waals surface area contributed by atoms with Crippen molar-refractivity contribution in [2.45, 2.75) is 38.8 Å². The molecule has 2 unspecified atom stereocenters. The molecule has 5 heteroatoms. The van der Waals surface area contributed by atoms with Crippen molar-refractivity contribution in [3.05, 3.63) is 4.91 Å². The average Bonchev–Trinajstić information content (AvgIpc) is 2.28. The molecule has 0 aromatic carbocycles. The highest BCUT2D eigenvalue weighted by atomic mass is 16.3. The number of aliphatic hydroxyl groups excluding tert-OH is 1. The highest BCUT2D eigenvalue weighted by molar-refractivity contribution is 4.69. The van der Waals surface area contributed by atoms with E-state index in [1.165, 1.54) is 0 Å². The maximum atomic E-state index is 10.1. The molecule has 2 atom stereocenters. The van der Waals surface area contributed by atoms with E-state index in [0.717, 1.165) is 25.9 Å². The highest BCUT2D eigenvalue weighted by Gasteiger charge is 2.05. The number of aliphatic hydroxyl groups is 1. The molecule has 0 amide bonds. The largest absolute Gasteiger partial charge is 0.395 e. The molecular weight excluding hydrogens is 194 g/mol. The molecule has 3 N–H and O–H groups in total. The number of hydrogen-bond acceptors (Lipinski definition) is 5. The van der Waals surface area contributed by atoms with Gasteiger partial charge in [-0.25, -0.2) is 0 Å². The van der Waals surface area contributed by atoms with Crippen LogP contribution in [0.5, 0.6) is 0 Å². The van der Waals surface area contributed by atoms with Gasteiger partial charge in [0.2, 0.25) is 0 Å². The Labute approximate surface area is 91.6 Å². The van der Waals surface area contributed by atoms with Gasteiger partial charge in [0, 0.05) is 25.2 Å². The first-order valence-corrected chi connectivity index (χ1v) is 5.65. The van der Waals surface area contributed by atoms with E-state index in [9.17, 15) is 4.91 Å². The van der Waals surface area contributed by atoms with Crippen molar-refractivity contribution in [2.24, 2.45) is 5.18 Å². The zero-order valence-electron chi connectivity index (χ0n) is 9.70. The Morgan fingerprint density at radius 3 is 2.07 bits per heavy atom. The summed E-state index contributed by atoms with van der Waals surface area (Å²) in [7, 11) is 0. The fourth-order valence-corrected chi connectivity index (χ4v) is 1.32. The van der Waals surface area contributed by atoms with E-state index in [1.54, 1.807) is 0 Å². The first-order chi connectivity index (χ1) is 7.28. The average molecular weight is 217 g/mol. The van der Waals surface area contributed by atoms with Crippen LogP contribution in [0.15, 0.2) is 5.18 Å². The topological polar surface area (TPSA) is 73.7 Å². The predicted octanol–water partition coefficient (Wildman–Crippen LogP) is 0.482. The minimum atomic E-state index is 0.170. The van der Waals surface area contributed by atoms with E-state index >= 15 is 0 Å². The van der Waals surface area contributed by atoms with Crippen molar-refractivity contribution >= 4 is 0 Å². The normalized spacial score (nSPS) is 14.9. The van der Waals surface area contributed by atoms with Crippen LogP contribution in [0.4, 0.5) is 0 Å². The molecule has 0 heterocycles. The number of nitrogens with one attached hydrogen (secondary N) is 2.